The third-order valence-corrected chi connectivity index (χ3v) is 17.8. The standard InChI is InChI=1S/C60H76Cl2N12O7/c1-58(2,3)52(73-33-47(65-67-73)37-17-18-37)56(78)71-31-43(75)28-49(71)54(76)63-25-24-60(35-70(36-60)51(39-13-9-7-10-14-39)40-15-11-8-12-16-40)81-80-44-29-50(55(77)64-41-23-26-69(30-41)42-21-22-45(61)46(62)27-42)72(32-44)57(79)53(59(4,5)6)74-34-48(66-68-74)38-19-20-38/h7-16,21-22,27,33-34,37-38,41,43-44,49-53,75H,17-20,23-26,28-32,35-36H2,1-6H3,(H,63,76)(H,64,77). The molecule has 7 unspecified atom stereocenters. The molecule has 6 heterocycles. The van der Waals surface area contributed by atoms with Gasteiger partial charge in [0.05, 0.1) is 40.1 Å². The van der Waals surface area contributed by atoms with Crippen molar-refractivity contribution in [3.8, 4) is 0 Å². The monoisotopic (exact) mass is 1150 g/mol. The van der Waals surface area contributed by atoms with Crippen molar-refractivity contribution >= 4 is 52.5 Å². The summed E-state index contributed by atoms with van der Waals surface area (Å²) in [6.07, 6.45) is 7.53. The second-order valence-corrected chi connectivity index (χ2v) is 26.5. The van der Waals surface area contributed by atoms with E-state index in [9.17, 15) is 19.5 Å². The maximum atomic E-state index is 15.3. The van der Waals surface area contributed by atoms with E-state index in [1.165, 1.54) is 4.90 Å². The number of rotatable bonds is 19. The number of benzene rings is 3. The number of likely N-dealkylation sites (tertiary alicyclic amines) is 3. The van der Waals surface area contributed by atoms with E-state index in [-0.39, 0.29) is 68.2 Å². The first kappa shape index (κ1) is 56.9. The van der Waals surface area contributed by atoms with Gasteiger partial charge in [-0.3, -0.25) is 24.1 Å². The van der Waals surface area contributed by atoms with Crippen LogP contribution in [0.2, 0.25) is 10.0 Å². The number of carbonyl (C=O) groups is 4. The predicted octanol–water partition coefficient (Wildman–Crippen LogP) is 7.43. The van der Waals surface area contributed by atoms with Crippen molar-refractivity contribution in [1.29, 1.82) is 0 Å². The van der Waals surface area contributed by atoms with Crippen LogP contribution in [0.1, 0.15) is 145 Å². The van der Waals surface area contributed by atoms with Gasteiger partial charge >= 0.3 is 0 Å². The van der Waals surface area contributed by atoms with Crippen LogP contribution in [0.5, 0.6) is 0 Å². The SMILES string of the molecule is CC(C)(C)C(C(=O)N1CC(O)CC1C(=O)NCCC1(OOC2CC(C(=O)NC3CCN(c4ccc(Cl)c(Cl)c4)C3)N(C(=O)C(n3cc(C4CC4)nn3)C(C)(C)C)C2)CN(C(c2ccccc2)c2ccccc2)C1)n1cc(C2CC2)nn1. The first-order valence-corrected chi connectivity index (χ1v) is 29.6. The minimum atomic E-state index is -0.954. The molecule has 4 amide bonds. The van der Waals surface area contributed by atoms with Crippen LogP contribution >= 0.6 is 23.2 Å². The lowest BCUT2D eigenvalue weighted by Crippen LogP contribution is -2.65. The highest BCUT2D eigenvalue weighted by atomic mass is 35.5. The number of aliphatic hydroxyl groups excluding tert-OH is 1. The van der Waals surface area contributed by atoms with Crippen LogP contribution in [-0.4, -0.2) is 155 Å². The van der Waals surface area contributed by atoms with Crippen molar-refractivity contribution in [3.05, 3.63) is 124 Å². The molecule has 0 spiro atoms. The highest BCUT2D eigenvalue weighted by Crippen LogP contribution is 2.44. The smallest absolute Gasteiger partial charge is 0.248 e. The summed E-state index contributed by atoms with van der Waals surface area (Å²) < 4.78 is 3.29. The van der Waals surface area contributed by atoms with Crippen molar-refractivity contribution in [2.45, 2.75) is 159 Å². The number of hydrogen-bond acceptors (Lipinski definition) is 13. The topological polar surface area (TPSA) is 205 Å². The fourth-order valence-corrected chi connectivity index (χ4v) is 12.8. The Labute approximate surface area is 483 Å². The average Bonchev–Trinajstić information content (AvgIpc) is 4.13. The minimum absolute atomic E-state index is 0.0124. The van der Waals surface area contributed by atoms with E-state index in [2.05, 4.69) is 65.3 Å². The number of carbonyl (C=O) groups excluding carboxylic acids is 4. The molecule has 81 heavy (non-hydrogen) atoms. The molecule has 19 nitrogen and oxygen atoms in total. The molecule has 5 aromatic rings. The van der Waals surface area contributed by atoms with Crippen molar-refractivity contribution in [2.75, 3.05) is 50.7 Å². The van der Waals surface area contributed by atoms with Gasteiger partial charge < -0.3 is 30.4 Å². The molecule has 2 saturated carbocycles. The van der Waals surface area contributed by atoms with Crippen LogP contribution in [0.15, 0.2) is 91.3 Å². The van der Waals surface area contributed by atoms with Crippen LogP contribution in [-0.2, 0) is 29.0 Å². The zero-order valence-corrected chi connectivity index (χ0v) is 48.7. The van der Waals surface area contributed by atoms with Crippen LogP contribution in [0, 0.1) is 10.8 Å². The highest BCUT2D eigenvalue weighted by Gasteiger charge is 2.52. The molecule has 3 N–H and O–H groups in total. The Morgan fingerprint density at radius 3 is 1.80 bits per heavy atom. The minimum Gasteiger partial charge on any atom is -0.391 e. The number of nitrogens with zero attached hydrogens (tertiary/aromatic N) is 10. The predicted molar refractivity (Wildman–Crippen MR) is 305 cm³/mol. The highest BCUT2D eigenvalue weighted by molar-refractivity contribution is 6.42. The van der Waals surface area contributed by atoms with E-state index < -0.39 is 52.8 Å². The lowest BCUT2D eigenvalue weighted by Gasteiger charge is -2.52. The van der Waals surface area contributed by atoms with Crippen LogP contribution in [0.4, 0.5) is 5.69 Å². The summed E-state index contributed by atoms with van der Waals surface area (Å²) in [7, 11) is 0. The van der Waals surface area contributed by atoms with E-state index in [1.807, 2.05) is 102 Å². The molecule has 4 saturated heterocycles. The fourth-order valence-electron chi connectivity index (χ4n) is 12.5. The molecule has 7 atom stereocenters. The molecule has 6 aliphatic rings. The van der Waals surface area contributed by atoms with Gasteiger partial charge in [0.15, 0.2) is 0 Å². The molecule has 2 aromatic heterocycles. The molecule has 0 bridgehead atoms. The second-order valence-electron chi connectivity index (χ2n) is 25.7. The number of aliphatic hydroxyl groups is 1. The first-order valence-electron chi connectivity index (χ1n) is 28.8. The Morgan fingerprint density at radius 1 is 0.704 bits per heavy atom. The van der Waals surface area contributed by atoms with Gasteiger partial charge in [-0.2, -0.15) is 0 Å². The second kappa shape index (κ2) is 23.0. The summed E-state index contributed by atoms with van der Waals surface area (Å²) in [4.78, 5) is 79.9. The summed E-state index contributed by atoms with van der Waals surface area (Å²) in [5.74, 6) is -0.563. The largest absolute Gasteiger partial charge is 0.391 e. The number of amides is 4. The molecule has 0 radical (unpaired) electrons. The lowest BCUT2D eigenvalue weighted by molar-refractivity contribution is -0.406. The van der Waals surface area contributed by atoms with Gasteiger partial charge in [0.25, 0.3) is 0 Å². The number of hydrogen-bond donors (Lipinski definition) is 3. The van der Waals surface area contributed by atoms with E-state index in [4.69, 9.17) is 33.0 Å². The van der Waals surface area contributed by atoms with Crippen molar-refractivity contribution in [2.24, 2.45) is 10.8 Å². The zero-order valence-electron chi connectivity index (χ0n) is 47.2. The third-order valence-electron chi connectivity index (χ3n) is 17.0. The Kier molecular flexibility index (Phi) is 16.2. The fraction of sp³-hybridized carbons (Fsp3) is 0.567. The Morgan fingerprint density at radius 2 is 1.26 bits per heavy atom. The van der Waals surface area contributed by atoms with Gasteiger partial charge in [-0.15, -0.1) is 10.2 Å². The van der Waals surface area contributed by atoms with Gasteiger partial charge in [-0.05, 0) is 78.7 Å². The number of β-amino-alcohol motifs (C(OH)–C–C–N with tert-alkyl or cyclic N) is 1. The molecule has 11 rings (SSSR count). The normalized spacial score (nSPS) is 23.9. The number of aromatic nitrogens is 6. The third kappa shape index (κ3) is 12.5. The Hall–Kier alpha value is -5.96. The van der Waals surface area contributed by atoms with Crippen LogP contribution < -0.4 is 15.5 Å². The summed E-state index contributed by atoms with van der Waals surface area (Å²) in [6.45, 7) is 14.2. The van der Waals surface area contributed by atoms with Gasteiger partial charge in [0.2, 0.25) is 23.6 Å². The van der Waals surface area contributed by atoms with Crippen molar-refractivity contribution < 1.29 is 34.1 Å². The zero-order chi connectivity index (χ0) is 57.0. The van der Waals surface area contributed by atoms with Gasteiger partial charge in [-0.1, -0.05) is 136 Å². The van der Waals surface area contributed by atoms with Gasteiger partial charge in [0.1, 0.15) is 35.9 Å². The maximum absolute atomic E-state index is 15.3. The number of halogens is 2. The molecule has 2 aliphatic carbocycles. The lowest BCUT2D eigenvalue weighted by atomic mass is 9.85. The van der Waals surface area contributed by atoms with Gasteiger partial charge in [0, 0.05) is 88.1 Å². The van der Waals surface area contributed by atoms with Crippen molar-refractivity contribution in [3.63, 3.8) is 0 Å². The molecule has 6 fully saturated rings. The molecule has 432 valence electrons. The van der Waals surface area contributed by atoms with Crippen LogP contribution in [0.3, 0.4) is 0 Å². The summed E-state index contributed by atoms with van der Waals surface area (Å²) >= 11 is 12.7. The molecular formula is C60H76Cl2N12O7. The summed E-state index contributed by atoms with van der Waals surface area (Å²) in [5.41, 5.74) is 2.68. The van der Waals surface area contributed by atoms with E-state index in [0.29, 0.717) is 60.9 Å². The maximum Gasteiger partial charge on any atom is 0.248 e. The molecule has 4 aliphatic heterocycles. The number of anilines is 1. The summed E-state index contributed by atoms with van der Waals surface area (Å²) in [5, 5.41) is 36.1. The Bertz CT molecular complexity index is 3020. The van der Waals surface area contributed by atoms with E-state index in [1.54, 1.807) is 20.3 Å². The Balaban J connectivity index is 0.827. The van der Waals surface area contributed by atoms with E-state index in [0.717, 1.165) is 53.9 Å². The first-order chi connectivity index (χ1) is 38.7. The van der Waals surface area contributed by atoms with Crippen LogP contribution in [0.25, 0.3) is 0 Å². The summed E-state index contributed by atoms with van der Waals surface area (Å²) in [6, 6.07) is 22.4. The van der Waals surface area contributed by atoms with Gasteiger partial charge in [-0.25, -0.2) is 19.1 Å². The van der Waals surface area contributed by atoms with Crippen molar-refractivity contribution in [1.82, 2.24) is 55.3 Å². The molecule has 3 aromatic carbocycles. The molecular weight excluding hydrogens is 1070 g/mol. The van der Waals surface area contributed by atoms with E-state index >= 15 is 4.79 Å². The quantitative estimate of drug-likeness (QED) is 0.0544. The molecule has 21 heteroatoms. The number of nitrogens with one attached hydrogen (secondary N) is 2. The average molecular weight is 1150 g/mol.